The number of nitrogens with one attached hydrogen (secondary N) is 1. The molecule has 0 saturated heterocycles. The zero-order valence-corrected chi connectivity index (χ0v) is 14.6. The molecule has 4 nitrogen and oxygen atoms in total. The van der Waals surface area contributed by atoms with Crippen LogP contribution >= 0.6 is 11.6 Å². The molecule has 0 bridgehead atoms. The molecule has 2 aromatic rings. The second kappa shape index (κ2) is 9.18. The lowest BCUT2D eigenvalue weighted by Crippen LogP contribution is -2.32. The molecule has 0 spiro atoms. The highest BCUT2D eigenvalue weighted by molar-refractivity contribution is 6.31. The number of ether oxygens (including phenoxy) is 1. The Kier molecular flexibility index (Phi) is 6.95. The van der Waals surface area contributed by atoms with Gasteiger partial charge in [0, 0.05) is 5.02 Å². The van der Waals surface area contributed by atoms with E-state index in [1.165, 1.54) is 12.1 Å². The largest absolute Gasteiger partial charge is 0.466 e. The second-order valence-corrected chi connectivity index (χ2v) is 5.86. The first-order valence-electron chi connectivity index (χ1n) is 7.93. The average Bonchev–Trinajstić information content (AvgIpc) is 2.57. The summed E-state index contributed by atoms with van der Waals surface area (Å²) in [6, 6.07) is 12.1. The van der Waals surface area contributed by atoms with Crippen LogP contribution in [0, 0.1) is 5.82 Å². The van der Waals surface area contributed by atoms with Crippen molar-refractivity contribution in [3.05, 3.63) is 70.5 Å². The molecule has 1 atom stereocenters. The predicted molar refractivity (Wildman–Crippen MR) is 93.7 cm³/mol. The van der Waals surface area contributed by atoms with E-state index in [4.69, 9.17) is 16.3 Å². The highest BCUT2D eigenvalue weighted by Gasteiger charge is 2.21. The molecule has 2 rings (SSSR count). The number of hydrogen-bond donors (Lipinski definition) is 1. The van der Waals surface area contributed by atoms with Gasteiger partial charge >= 0.3 is 5.97 Å². The first kappa shape index (κ1) is 18.9. The summed E-state index contributed by atoms with van der Waals surface area (Å²) >= 11 is 6.20. The monoisotopic (exact) mass is 363 g/mol. The van der Waals surface area contributed by atoms with E-state index >= 15 is 0 Å². The quantitative estimate of drug-likeness (QED) is 0.760. The predicted octanol–water partition coefficient (Wildman–Crippen LogP) is 3.83. The smallest absolute Gasteiger partial charge is 0.308 e. The van der Waals surface area contributed by atoms with Crippen molar-refractivity contribution in [3.8, 4) is 0 Å². The van der Waals surface area contributed by atoms with Crippen LogP contribution in [0.5, 0.6) is 0 Å². The molecule has 0 aliphatic rings. The minimum Gasteiger partial charge on any atom is -0.466 e. The van der Waals surface area contributed by atoms with Gasteiger partial charge in [0.2, 0.25) is 5.91 Å². The van der Waals surface area contributed by atoms with Gasteiger partial charge in [0.05, 0.1) is 25.5 Å². The van der Waals surface area contributed by atoms with Crippen molar-refractivity contribution in [2.24, 2.45) is 0 Å². The summed E-state index contributed by atoms with van der Waals surface area (Å²) in [5, 5.41) is 3.27. The Morgan fingerprint density at radius 2 is 1.84 bits per heavy atom. The van der Waals surface area contributed by atoms with Crippen molar-refractivity contribution in [2.45, 2.75) is 25.8 Å². The number of halogens is 2. The van der Waals surface area contributed by atoms with E-state index in [1.807, 2.05) is 0 Å². The molecule has 0 aliphatic heterocycles. The molecule has 132 valence electrons. The van der Waals surface area contributed by atoms with Crippen molar-refractivity contribution in [1.29, 1.82) is 0 Å². The highest BCUT2D eigenvalue weighted by Crippen LogP contribution is 2.25. The van der Waals surface area contributed by atoms with Gasteiger partial charge in [-0.2, -0.15) is 0 Å². The van der Waals surface area contributed by atoms with Gasteiger partial charge < -0.3 is 10.1 Å². The average molecular weight is 364 g/mol. The molecule has 1 amide bonds. The van der Waals surface area contributed by atoms with Gasteiger partial charge in [0.1, 0.15) is 5.82 Å². The summed E-state index contributed by atoms with van der Waals surface area (Å²) < 4.78 is 17.9. The molecule has 1 unspecified atom stereocenters. The minimum absolute atomic E-state index is 0.0211. The van der Waals surface area contributed by atoms with E-state index in [0.717, 1.165) is 0 Å². The molecule has 2 aromatic carbocycles. The Labute approximate surface area is 150 Å². The van der Waals surface area contributed by atoms with Crippen molar-refractivity contribution in [3.63, 3.8) is 0 Å². The molecule has 0 saturated carbocycles. The van der Waals surface area contributed by atoms with Crippen molar-refractivity contribution in [1.82, 2.24) is 5.32 Å². The zero-order valence-electron chi connectivity index (χ0n) is 13.8. The van der Waals surface area contributed by atoms with Gasteiger partial charge in [-0.05, 0) is 36.2 Å². The van der Waals surface area contributed by atoms with Crippen LogP contribution in [0.1, 0.15) is 30.5 Å². The van der Waals surface area contributed by atoms with Gasteiger partial charge in [-0.15, -0.1) is 0 Å². The number of hydrogen-bond acceptors (Lipinski definition) is 3. The standard InChI is InChI=1S/C19H19ClFNO3/c1-2-25-19(24)12-17(15-5-3-4-6-16(15)20)22-18(23)11-13-7-9-14(21)10-8-13/h3-10,17H,2,11-12H2,1H3,(H,22,23). The number of carbonyl (C=O) groups excluding carboxylic acids is 2. The third-order valence-corrected chi connectivity index (χ3v) is 3.91. The lowest BCUT2D eigenvalue weighted by molar-refractivity contribution is -0.143. The van der Waals surface area contributed by atoms with Gasteiger partial charge in [-0.25, -0.2) is 4.39 Å². The molecule has 1 N–H and O–H groups in total. The molecule has 0 aromatic heterocycles. The first-order chi connectivity index (χ1) is 12.0. The molecule has 6 heteroatoms. The van der Waals surface area contributed by atoms with Crippen molar-refractivity contribution < 1.29 is 18.7 Å². The summed E-state index contributed by atoms with van der Waals surface area (Å²) in [4.78, 5) is 24.2. The molecule has 0 fully saturated rings. The van der Waals surface area contributed by atoms with Crippen LogP contribution in [0.25, 0.3) is 0 Å². The maximum absolute atomic E-state index is 12.9. The number of carbonyl (C=O) groups is 2. The fourth-order valence-corrected chi connectivity index (χ4v) is 2.68. The lowest BCUT2D eigenvalue weighted by Gasteiger charge is -2.19. The molecular weight excluding hydrogens is 345 g/mol. The fraction of sp³-hybridized carbons (Fsp3) is 0.263. The maximum atomic E-state index is 12.9. The van der Waals surface area contributed by atoms with E-state index in [0.29, 0.717) is 16.1 Å². The number of esters is 1. The van der Waals surface area contributed by atoms with Gasteiger partial charge in [0.25, 0.3) is 0 Å². The summed E-state index contributed by atoms with van der Waals surface area (Å²) in [5.41, 5.74) is 1.32. The Morgan fingerprint density at radius 3 is 2.48 bits per heavy atom. The van der Waals surface area contributed by atoms with Gasteiger partial charge in [-0.1, -0.05) is 41.9 Å². The van der Waals surface area contributed by atoms with Crippen LogP contribution in [0.4, 0.5) is 4.39 Å². The van der Waals surface area contributed by atoms with E-state index in [-0.39, 0.29) is 31.2 Å². The third-order valence-electron chi connectivity index (χ3n) is 3.57. The van der Waals surface area contributed by atoms with E-state index in [2.05, 4.69) is 5.32 Å². The Morgan fingerprint density at radius 1 is 1.16 bits per heavy atom. The van der Waals surface area contributed by atoms with Crippen LogP contribution in [-0.4, -0.2) is 18.5 Å². The highest BCUT2D eigenvalue weighted by atomic mass is 35.5. The lowest BCUT2D eigenvalue weighted by atomic mass is 10.0. The molecular formula is C19H19ClFNO3. The zero-order chi connectivity index (χ0) is 18.2. The van der Waals surface area contributed by atoms with E-state index in [1.54, 1.807) is 43.3 Å². The summed E-state index contributed by atoms with van der Waals surface area (Å²) in [5.74, 6) is -1.07. The summed E-state index contributed by atoms with van der Waals surface area (Å²) in [7, 11) is 0. The van der Waals surface area contributed by atoms with Crippen molar-refractivity contribution >= 4 is 23.5 Å². The number of rotatable bonds is 7. The van der Waals surface area contributed by atoms with Crippen LogP contribution in [0.3, 0.4) is 0 Å². The van der Waals surface area contributed by atoms with Gasteiger partial charge in [0.15, 0.2) is 0 Å². The van der Waals surface area contributed by atoms with Crippen LogP contribution in [-0.2, 0) is 20.7 Å². The summed E-state index contributed by atoms with van der Waals surface area (Å²) in [6.07, 6.45) is 0.0524. The first-order valence-corrected chi connectivity index (χ1v) is 8.31. The normalized spacial score (nSPS) is 11.6. The Balaban J connectivity index is 2.11. The third kappa shape index (κ3) is 5.87. The molecule has 0 radical (unpaired) electrons. The maximum Gasteiger partial charge on any atom is 0.308 e. The van der Waals surface area contributed by atoms with Crippen LogP contribution in [0.2, 0.25) is 5.02 Å². The second-order valence-electron chi connectivity index (χ2n) is 5.45. The number of amides is 1. The Bertz CT molecular complexity index is 734. The fourth-order valence-electron chi connectivity index (χ4n) is 2.42. The molecule has 0 heterocycles. The number of benzene rings is 2. The minimum atomic E-state index is -0.597. The van der Waals surface area contributed by atoms with E-state index < -0.39 is 12.0 Å². The van der Waals surface area contributed by atoms with Crippen molar-refractivity contribution in [2.75, 3.05) is 6.61 Å². The topological polar surface area (TPSA) is 55.4 Å². The SMILES string of the molecule is CCOC(=O)CC(NC(=O)Cc1ccc(F)cc1)c1ccccc1Cl. The molecule has 0 aliphatic carbocycles. The van der Waals surface area contributed by atoms with Crippen LogP contribution < -0.4 is 5.32 Å². The Hall–Kier alpha value is -2.40. The van der Waals surface area contributed by atoms with E-state index in [9.17, 15) is 14.0 Å². The summed E-state index contributed by atoms with van der Waals surface area (Å²) in [6.45, 7) is 1.98. The van der Waals surface area contributed by atoms with Gasteiger partial charge in [-0.3, -0.25) is 9.59 Å². The molecule has 25 heavy (non-hydrogen) atoms. The van der Waals surface area contributed by atoms with Crippen LogP contribution in [0.15, 0.2) is 48.5 Å².